The van der Waals surface area contributed by atoms with Gasteiger partial charge in [0.25, 0.3) is 5.56 Å². The molecule has 0 unspecified atom stereocenters. The molecule has 0 amide bonds. The summed E-state index contributed by atoms with van der Waals surface area (Å²) in [7, 11) is 0. The van der Waals surface area contributed by atoms with Gasteiger partial charge in [0, 0.05) is 17.5 Å². The van der Waals surface area contributed by atoms with Gasteiger partial charge in [0.15, 0.2) is 5.65 Å². The fourth-order valence-electron chi connectivity index (χ4n) is 3.69. The SMILES string of the molecule is Cc1nc2ccc(-c3cc(=O)n4nc(C5CCNCC5)ccc4n3)cc2s1. The van der Waals surface area contributed by atoms with Crippen molar-refractivity contribution in [3.63, 3.8) is 0 Å². The summed E-state index contributed by atoms with van der Waals surface area (Å²) in [6, 6.07) is 11.5. The van der Waals surface area contributed by atoms with Gasteiger partial charge in [-0.3, -0.25) is 4.79 Å². The van der Waals surface area contributed by atoms with Crippen LogP contribution in [-0.4, -0.2) is 32.7 Å². The summed E-state index contributed by atoms with van der Waals surface area (Å²) in [6.07, 6.45) is 2.10. The van der Waals surface area contributed by atoms with Crippen molar-refractivity contribution in [2.24, 2.45) is 0 Å². The molecule has 0 radical (unpaired) electrons. The number of piperidine rings is 1. The molecule has 0 aliphatic carbocycles. The largest absolute Gasteiger partial charge is 0.317 e. The molecule has 3 aromatic heterocycles. The Kier molecular flexibility index (Phi) is 3.98. The van der Waals surface area contributed by atoms with Crippen molar-refractivity contribution in [2.75, 3.05) is 13.1 Å². The number of fused-ring (bicyclic) bond motifs is 2. The highest BCUT2D eigenvalue weighted by Gasteiger charge is 2.17. The Morgan fingerprint density at radius 1 is 1.11 bits per heavy atom. The molecule has 4 heterocycles. The molecule has 1 saturated heterocycles. The van der Waals surface area contributed by atoms with Crippen molar-refractivity contribution in [3.05, 3.63) is 57.5 Å². The van der Waals surface area contributed by atoms with Gasteiger partial charge in [-0.2, -0.15) is 9.61 Å². The Morgan fingerprint density at radius 3 is 2.81 bits per heavy atom. The molecular formula is C20H19N5OS. The first kappa shape index (κ1) is 16.5. The van der Waals surface area contributed by atoms with E-state index in [1.165, 1.54) is 4.52 Å². The van der Waals surface area contributed by atoms with Crippen LogP contribution in [0.5, 0.6) is 0 Å². The van der Waals surface area contributed by atoms with Crippen LogP contribution in [0.4, 0.5) is 0 Å². The van der Waals surface area contributed by atoms with Crippen molar-refractivity contribution in [3.8, 4) is 11.3 Å². The Bertz CT molecular complexity index is 1210. The number of nitrogens with zero attached hydrogens (tertiary/aromatic N) is 4. The van der Waals surface area contributed by atoms with Crippen LogP contribution in [0.2, 0.25) is 0 Å². The lowest BCUT2D eigenvalue weighted by molar-refractivity contribution is 0.448. The molecule has 1 aromatic carbocycles. The van der Waals surface area contributed by atoms with Crippen LogP contribution in [0.1, 0.15) is 29.5 Å². The smallest absolute Gasteiger partial charge is 0.275 e. The van der Waals surface area contributed by atoms with Crippen molar-refractivity contribution in [2.45, 2.75) is 25.7 Å². The van der Waals surface area contributed by atoms with Crippen molar-refractivity contribution >= 4 is 27.2 Å². The van der Waals surface area contributed by atoms with Crippen LogP contribution in [0.3, 0.4) is 0 Å². The average molecular weight is 377 g/mol. The lowest BCUT2D eigenvalue weighted by Crippen LogP contribution is -2.28. The van der Waals surface area contributed by atoms with Crippen LogP contribution < -0.4 is 10.9 Å². The lowest BCUT2D eigenvalue weighted by atomic mass is 9.94. The number of benzene rings is 1. The second-order valence-corrected chi connectivity index (χ2v) is 8.18. The zero-order valence-corrected chi connectivity index (χ0v) is 15.8. The summed E-state index contributed by atoms with van der Waals surface area (Å²) in [5.74, 6) is 0.402. The monoisotopic (exact) mass is 377 g/mol. The summed E-state index contributed by atoms with van der Waals surface area (Å²) < 4.78 is 2.53. The minimum absolute atomic E-state index is 0.147. The predicted octanol–water partition coefficient (Wildman–Crippen LogP) is 3.14. The van der Waals surface area contributed by atoms with Gasteiger partial charge in [0.1, 0.15) is 0 Å². The van der Waals surface area contributed by atoms with Gasteiger partial charge in [-0.15, -0.1) is 11.3 Å². The molecule has 1 fully saturated rings. The van der Waals surface area contributed by atoms with Crippen molar-refractivity contribution < 1.29 is 0 Å². The summed E-state index contributed by atoms with van der Waals surface area (Å²) in [4.78, 5) is 21.9. The van der Waals surface area contributed by atoms with E-state index in [0.29, 0.717) is 17.3 Å². The Morgan fingerprint density at radius 2 is 1.96 bits per heavy atom. The van der Waals surface area contributed by atoms with Crippen LogP contribution in [0.15, 0.2) is 41.2 Å². The average Bonchev–Trinajstić information content (AvgIpc) is 3.07. The van der Waals surface area contributed by atoms with E-state index in [1.807, 2.05) is 31.2 Å². The van der Waals surface area contributed by atoms with Crippen LogP contribution in [-0.2, 0) is 0 Å². The second-order valence-electron chi connectivity index (χ2n) is 6.95. The molecule has 5 rings (SSSR count). The first-order valence-corrected chi connectivity index (χ1v) is 9.98. The minimum Gasteiger partial charge on any atom is -0.317 e. The van der Waals surface area contributed by atoms with Crippen LogP contribution in [0.25, 0.3) is 27.1 Å². The third kappa shape index (κ3) is 3.02. The summed E-state index contributed by atoms with van der Waals surface area (Å²) in [5.41, 5.74) is 3.98. The van der Waals surface area contributed by atoms with Gasteiger partial charge in [0.05, 0.1) is 26.6 Å². The highest BCUT2D eigenvalue weighted by Crippen LogP contribution is 2.27. The standard InChI is InChI=1S/C20H19N5OS/c1-12-22-16-3-2-14(10-18(16)27-12)17-11-20(26)25-19(23-17)5-4-15(24-25)13-6-8-21-9-7-13/h2-5,10-11,13,21H,6-9H2,1H3. The number of rotatable bonds is 2. The molecule has 0 saturated carbocycles. The third-order valence-electron chi connectivity index (χ3n) is 5.09. The number of thiazole rings is 1. The van der Waals surface area contributed by atoms with Crippen molar-refractivity contribution in [1.82, 2.24) is 24.9 Å². The van der Waals surface area contributed by atoms with Gasteiger partial charge in [-0.25, -0.2) is 9.97 Å². The lowest BCUT2D eigenvalue weighted by Gasteiger charge is -2.22. The van der Waals surface area contributed by atoms with Crippen LogP contribution >= 0.6 is 11.3 Å². The molecular weight excluding hydrogens is 358 g/mol. The van der Waals surface area contributed by atoms with Crippen LogP contribution in [0, 0.1) is 6.92 Å². The molecule has 27 heavy (non-hydrogen) atoms. The Hall–Kier alpha value is -2.64. The molecule has 7 heteroatoms. The van der Waals surface area contributed by atoms with Gasteiger partial charge in [-0.05, 0) is 57.1 Å². The topological polar surface area (TPSA) is 72.2 Å². The molecule has 136 valence electrons. The molecule has 0 atom stereocenters. The molecule has 6 nitrogen and oxygen atoms in total. The quantitative estimate of drug-likeness (QED) is 0.581. The fraction of sp³-hybridized carbons (Fsp3) is 0.300. The second kappa shape index (κ2) is 6.51. The van der Waals surface area contributed by atoms with E-state index in [-0.39, 0.29) is 5.56 Å². The molecule has 0 bridgehead atoms. The highest BCUT2D eigenvalue weighted by molar-refractivity contribution is 7.18. The van der Waals surface area contributed by atoms with E-state index >= 15 is 0 Å². The van der Waals surface area contributed by atoms with Crippen molar-refractivity contribution in [1.29, 1.82) is 0 Å². The van der Waals surface area contributed by atoms with Gasteiger partial charge >= 0.3 is 0 Å². The molecule has 0 spiro atoms. The highest BCUT2D eigenvalue weighted by atomic mass is 32.1. The van der Waals surface area contributed by atoms with E-state index in [2.05, 4.69) is 26.4 Å². The Balaban J connectivity index is 1.58. The summed E-state index contributed by atoms with van der Waals surface area (Å²) in [5, 5.41) is 8.98. The summed E-state index contributed by atoms with van der Waals surface area (Å²) >= 11 is 1.65. The van der Waals surface area contributed by atoms with Gasteiger partial charge < -0.3 is 5.32 Å². The zero-order valence-electron chi connectivity index (χ0n) is 15.0. The van der Waals surface area contributed by atoms with E-state index in [0.717, 1.165) is 52.4 Å². The third-order valence-corrected chi connectivity index (χ3v) is 6.02. The first-order valence-electron chi connectivity index (χ1n) is 9.17. The minimum atomic E-state index is -0.147. The molecule has 1 aliphatic rings. The Labute approximate surface area is 159 Å². The molecule has 1 N–H and O–H groups in total. The number of hydrogen-bond acceptors (Lipinski definition) is 6. The number of aryl methyl sites for hydroxylation is 1. The first-order chi connectivity index (χ1) is 13.2. The summed E-state index contributed by atoms with van der Waals surface area (Å²) in [6.45, 7) is 3.99. The number of aromatic nitrogens is 4. The molecule has 1 aliphatic heterocycles. The maximum absolute atomic E-state index is 12.7. The fourth-order valence-corrected chi connectivity index (χ4v) is 4.56. The van der Waals surface area contributed by atoms with Gasteiger partial charge in [0.2, 0.25) is 0 Å². The normalized spacial score (nSPS) is 15.6. The van der Waals surface area contributed by atoms with E-state index in [4.69, 9.17) is 0 Å². The van der Waals surface area contributed by atoms with Gasteiger partial charge in [-0.1, -0.05) is 6.07 Å². The zero-order chi connectivity index (χ0) is 18.4. The number of hydrogen-bond donors (Lipinski definition) is 1. The van der Waals surface area contributed by atoms with E-state index in [1.54, 1.807) is 17.4 Å². The predicted molar refractivity (Wildman–Crippen MR) is 107 cm³/mol. The maximum atomic E-state index is 12.7. The maximum Gasteiger partial charge on any atom is 0.275 e. The number of nitrogens with one attached hydrogen (secondary N) is 1. The molecule has 4 aromatic rings. The van der Waals surface area contributed by atoms with E-state index in [9.17, 15) is 4.79 Å². The van der Waals surface area contributed by atoms with E-state index < -0.39 is 0 Å².